The number of nitrogens with zero attached hydrogens (tertiary/aromatic N) is 1. The molecule has 1 saturated heterocycles. The summed E-state index contributed by atoms with van der Waals surface area (Å²) in [7, 11) is 0. The lowest BCUT2D eigenvalue weighted by Crippen LogP contribution is -2.41. The predicted molar refractivity (Wildman–Crippen MR) is 80.7 cm³/mol. The van der Waals surface area contributed by atoms with Crippen molar-refractivity contribution in [1.82, 2.24) is 5.32 Å². The fraction of sp³-hybridized carbons (Fsp3) is 0.625. The molecule has 19 heavy (non-hydrogen) atoms. The molecule has 2 rings (SSSR count). The molecule has 106 valence electrons. The monoisotopic (exact) mass is 262 g/mol. The van der Waals surface area contributed by atoms with Gasteiger partial charge in [-0.2, -0.15) is 0 Å². The van der Waals surface area contributed by atoms with E-state index in [1.807, 2.05) is 0 Å². The minimum Gasteiger partial charge on any atom is -0.396 e. The second-order valence-corrected chi connectivity index (χ2v) is 5.56. The van der Waals surface area contributed by atoms with Gasteiger partial charge in [0.05, 0.1) is 0 Å². The average Bonchev–Trinajstić information content (AvgIpc) is 2.61. The van der Waals surface area contributed by atoms with Gasteiger partial charge < -0.3 is 15.3 Å². The Balaban J connectivity index is 2.29. The van der Waals surface area contributed by atoms with E-state index in [4.69, 9.17) is 0 Å². The van der Waals surface area contributed by atoms with Gasteiger partial charge in [-0.1, -0.05) is 32.0 Å². The van der Waals surface area contributed by atoms with Crippen LogP contribution in [0.1, 0.15) is 25.8 Å². The normalized spacial score (nSPS) is 24.3. The standard InChI is InChI=1S/C16H26N2O/c1-3-14-6-4-5-7-16(14)18-12-13(2)10-17-11-15(18)8-9-19/h4-7,13,15,17,19H,3,8-12H2,1-2H3. The third-order valence-corrected chi connectivity index (χ3v) is 3.97. The maximum absolute atomic E-state index is 9.31. The number of aliphatic hydroxyl groups excluding tert-OH is 1. The summed E-state index contributed by atoms with van der Waals surface area (Å²) in [6.07, 6.45) is 1.89. The molecule has 0 radical (unpaired) electrons. The molecule has 3 heteroatoms. The molecule has 1 aliphatic rings. The minimum absolute atomic E-state index is 0.255. The Bertz CT molecular complexity index is 394. The van der Waals surface area contributed by atoms with Gasteiger partial charge in [-0.05, 0) is 36.9 Å². The van der Waals surface area contributed by atoms with Crippen molar-refractivity contribution in [2.24, 2.45) is 5.92 Å². The van der Waals surface area contributed by atoms with Crippen molar-refractivity contribution in [1.29, 1.82) is 0 Å². The number of hydrogen-bond donors (Lipinski definition) is 2. The minimum atomic E-state index is 0.255. The average molecular weight is 262 g/mol. The molecule has 0 aliphatic carbocycles. The smallest absolute Gasteiger partial charge is 0.0451 e. The zero-order valence-corrected chi connectivity index (χ0v) is 12.1. The molecule has 0 bridgehead atoms. The van der Waals surface area contributed by atoms with E-state index in [1.54, 1.807) is 0 Å². The molecule has 2 unspecified atom stereocenters. The Morgan fingerprint density at radius 3 is 2.84 bits per heavy atom. The molecule has 1 aromatic rings. The predicted octanol–water partition coefficient (Wildman–Crippen LogP) is 2.05. The van der Waals surface area contributed by atoms with Gasteiger partial charge in [0.2, 0.25) is 0 Å². The van der Waals surface area contributed by atoms with E-state index in [-0.39, 0.29) is 6.61 Å². The third-order valence-electron chi connectivity index (χ3n) is 3.97. The highest BCUT2D eigenvalue weighted by molar-refractivity contribution is 5.54. The molecular weight excluding hydrogens is 236 g/mol. The van der Waals surface area contributed by atoms with Gasteiger partial charge in [-0.3, -0.25) is 0 Å². The maximum atomic E-state index is 9.31. The van der Waals surface area contributed by atoms with Crippen molar-refractivity contribution >= 4 is 5.69 Å². The van der Waals surface area contributed by atoms with E-state index in [2.05, 4.69) is 48.3 Å². The van der Waals surface area contributed by atoms with E-state index < -0.39 is 0 Å². The van der Waals surface area contributed by atoms with Crippen molar-refractivity contribution in [3.8, 4) is 0 Å². The lowest BCUT2D eigenvalue weighted by atomic mass is 10.0. The summed E-state index contributed by atoms with van der Waals surface area (Å²) in [6.45, 7) is 7.84. The molecule has 1 aromatic carbocycles. The SMILES string of the molecule is CCc1ccccc1N1CC(C)CNCC1CCO. The van der Waals surface area contributed by atoms with Crippen LogP contribution in [0, 0.1) is 5.92 Å². The molecule has 2 atom stereocenters. The number of hydrogen-bond acceptors (Lipinski definition) is 3. The summed E-state index contributed by atoms with van der Waals surface area (Å²) in [5.74, 6) is 0.633. The van der Waals surface area contributed by atoms with E-state index in [0.717, 1.165) is 32.5 Å². The zero-order valence-electron chi connectivity index (χ0n) is 12.1. The summed E-state index contributed by atoms with van der Waals surface area (Å²) in [5.41, 5.74) is 2.75. The van der Waals surface area contributed by atoms with Gasteiger partial charge in [-0.25, -0.2) is 0 Å². The Labute approximate surface area is 116 Å². The van der Waals surface area contributed by atoms with E-state index in [9.17, 15) is 5.11 Å². The van der Waals surface area contributed by atoms with Crippen LogP contribution in [-0.4, -0.2) is 37.4 Å². The number of rotatable bonds is 4. The molecule has 2 N–H and O–H groups in total. The molecule has 0 amide bonds. The first-order valence-electron chi connectivity index (χ1n) is 7.42. The molecule has 0 aromatic heterocycles. The number of aliphatic hydroxyl groups is 1. The largest absolute Gasteiger partial charge is 0.396 e. The molecular formula is C16H26N2O. The summed E-state index contributed by atoms with van der Waals surface area (Å²) in [6, 6.07) is 9.06. The van der Waals surface area contributed by atoms with Crippen molar-refractivity contribution in [2.75, 3.05) is 31.1 Å². The Morgan fingerprint density at radius 1 is 1.32 bits per heavy atom. The summed E-state index contributed by atoms with van der Waals surface area (Å²) >= 11 is 0. The number of benzene rings is 1. The number of para-hydroxylation sites is 1. The van der Waals surface area contributed by atoms with E-state index in [1.165, 1.54) is 11.3 Å². The van der Waals surface area contributed by atoms with Crippen LogP contribution >= 0.6 is 0 Å². The molecule has 0 spiro atoms. The quantitative estimate of drug-likeness (QED) is 0.872. The van der Waals surface area contributed by atoms with Crippen molar-refractivity contribution in [2.45, 2.75) is 32.7 Å². The molecule has 1 aliphatic heterocycles. The maximum Gasteiger partial charge on any atom is 0.0451 e. The van der Waals surface area contributed by atoms with Gasteiger partial charge in [-0.15, -0.1) is 0 Å². The summed E-state index contributed by atoms with van der Waals surface area (Å²) in [5, 5.41) is 12.8. The molecule has 0 saturated carbocycles. The van der Waals surface area contributed by atoms with Gasteiger partial charge in [0.15, 0.2) is 0 Å². The fourth-order valence-corrected chi connectivity index (χ4v) is 2.95. The Kier molecular flexibility index (Phi) is 5.23. The highest BCUT2D eigenvalue weighted by atomic mass is 16.3. The van der Waals surface area contributed by atoms with Gasteiger partial charge in [0.1, 0.15) is 0 Å². The molecule has 1 fully saturated rings. The highest BCUT2D eigenvalue weighted by Gasteiger charge is 2.24. The first-order valence-corrected chi connectivity index (χ1v) is 7.42. The summed E-state index contributed by atoms with van der Waals surface area (Å²) < 4.78 is 0. The zero-order chi connectivity index (χ0) is 13.7. The first kappa shape index (κ1) is 14.4. The van der Waals surface area contributed by atoms with Crippen LogP contribution < -0.4 is 10.2 Å². The number of aryl methyl sites for hydroxylation is 1. The van der Waals surface area contributed by atoms with Crippen LogP contribution in [-0.2, 0) is 6.42 Å². The van der Waals surface area contributed by atoms with Crippen molar-refractivity contribution < 1.29 is 5.11 Å². The van der Waals surface area contributed by atoms with Crippen LogP contribution in [0.4, 0.5) is 5.69 Å². The lowest BCUT2D eigenvalue weighted by Gasteiger charge is -2.34. The lowest BCUT2D eigenvalue weighted by molar-refractivity contribution is 0.272. The van der Waals surface area contributed by atoms with Gasteiger partial charge >= 0.3 is 0 Å². The van der Waals surface area contributed by atoms with Crippen molar-refractivity contribution in [3.05, 3.63) is 29.8 Å². The molecule has 1 heterocycles. The van der Waals surface area contributed by atoms with E-state index in [0.29, 0.717) is 12.0 Å². The topological polar surface area (TPSA) is 35.5 Å². The molecule has 3 nitrogen and oxygen atoms in total. The van der Waals surface area contributed by atoms with Gasteiger partial charge in [0.25, 0.3) is 0 Å². The second kappa shape index (κ2) is 6.92. The highest BCUT2D eigenvalue weighted by Crippen LogP contribution is 2.26. The third kappa shape index (κ3) is 3.48. The van der Waals surface area contributed by atoms with E-state index >= 15 is 0 Å². The van der Waals surface area contributed by atoms with Crippen LogP contribution in [0.15, 0.2) is 24.3 Å². The van der Waals surface area contributed by atoms with Crippen molar-refractivity contribution in [3.63, 3.8) is 0 Å². The van der Waals surface area contributed by atoms with Gasteiger partial charge in [0, 0.05) is 31.4 Å². The van der Waals surface area contributed by atoms with Crippen LogP contribution in [0.5, 0.6) is 0 Å². The fourth-order valence-electron chi connectivity index (χ4n) is 2.95. The van der Waals surface area contributed by atoms with Crippen LogP contribution in [0.25, 0.3) is 0 Å². The van der Waals surface area contributed by atoms with Crippen LogP contribution in [0.3, 0.4) is 0 Å². The second-order valence-electron chi connectivity index (χ2n) is 5.56. The Morgan fingerprint density at radius 2 is 2.11 bits per heavy atom. The van der Waals surface area contributed by atoms with Crippen LogP contribution in [0.2, 0.25) is 0 Å². The number of anilines is 1. The Hall–Kier alpha value is -1.06. The summed E-state index contributed by atoms with van der Waals surface area (Å²) in [4.78, 5) is 2.50. The number of nitrogens with one attached hydrogen (secondary N) is 1. The first-order chi connectivity index (χ1) is 9.26.